The molecular weight excluding hydrogens is 562 g/mol. The molecule has 242 valence electrons. The van der Waals surface area contributed by atoms with E-state index in [0.29, 0.717) is 6.54 Å². The summed E-state index contributed by atoms with van der Waals surface area (Å²) >= 11 is 0. The molecule has 0 aromatic rings. The summed E-state index contributed by atoms with van der Waals surface area (Å²) in [6.45, 7) is 13.6. The number of amides is 5. The molecule has 0 aromatic carbocycles. The quantitative estimate of drug-likeness (QED) is 0.184. The molecule has 0 aromatic heterocycles. The summed E-state index contributed by atoms with van der Waals surface area (Å²) < 4.78 is 0. The summed E-state index contributed by atoms with van der Waals surface area (Å²) in [6.07, 6.45) is 8.99. The number of Topliss-reactive ketones (excluding diaryl/α,β-unsaturated/α-hetero) is 2. The summed E-state index contributed by atoms with van der Waals surface area (Å²) in [4.78, 5) is 81.2. The van der Waals surface area contributed by atoms with Gasteiger partial charge in [-0.1, -0.05) is 48.5 Å². The minimum atomic E-state index is -1.12. The predicted octanol–water partition coefficient (Wildman–Crippen LogP) is 1.93. The molecule has 11 heteroatoms. The van der Waals surface area contributed by atoms with Crippen molar-refractivity contribution in [2.45, 2.75) is 117 Å². The van der Waals surface area contributed by atoms with E-state index in [0.717, 1.165) is 25.7 Å². The lowest BCUT2D eigenvalue weighted by Gasteiger charge is -2.38. The van der Waals surface area contributed by atoms with Crippen molar-refractivity contribution in [1.82, 2.24) is 26.2 Å². The van der Waals surface area contributed by atoms with Gasteiger partial charge in [-0.3, -0.25) is 24.0 Å². The van der Waals surface area contributed by atoms with E-state index in [1.165, 1.54) is 4.90 Å². The second kappa shape index (κ2) is 12.5. The van der Waals surface area contributed by atoms with Crippen LogP contribution in [0.5, 0.6) is 0 Å². The number of terminal acetylenes is 1. The zero-order valence-corrected chi connectivity index (χ0v) is 27.1. The zero-order chi connectivity index (χ0) is 32.7. The van der Waals surface area contributed by atoms with Gasteiger partial charge in [0.25, 0.3) is 5.91 Å². The highest BCUT2D eigenvalue weighted by atomic mass is 16.2. The number of rotatable bonds is 13. The lowest BCUT2D eigenvalue weighted by atomic mass is 9.85. The largest absolute Gasteiger partial charge is 0.347 e. The molecule has 3 aliphatic carbocycles. The van der Waals surface area contributed by atoms with Crippen LogP contribution < -0.4 is 21.3 Å². The SMILES string of the molecule is C#CCCC(NC(=O)[C@@H]1[C@@H]2[C@H](CN1C(=O)[C@@H](NC(=O)N[C@H](C(=O)C1CC1)C(C)C)C(C)(C)C)C2(C)C)C(=O)C(=O)NC1CC1. The third-order valence-corrected chi connectivity index (χ3v) is 9.73. The number of nitrogens with zero attached hydrogens (tertiary/aromatic N) is 1. The lowest BCUT2D eigenvalue weighted by molar-refractivity contribution is -0.145. The van der Waals surface area contributed by atoms with Crippen molar-refractivity contribution >= 4 is 35.3 Å². The monoisotopic (exact) mass is 611 g/mol. The minimum Gasteiger partial charge on any atom is -0.347 e. The van der Waals surface area contributed by atoms with Crippen LogP contribution in [0.1, 0.15) is 87.0 Å². The van der Waals surface area contributed by atoms with Gasteiger partial charge >= 0.3 is 6.03 Å². The van der Waals surface area contributed by atoms with Crippen LogP contribution in [0.3, 0.4) is 0 Å². The predicted molar refractivity (Wildman–Crippen MR) is 164 cm³/mol. The fourth-order valence-electron chi connectivity index (χ4n) is 6.53. The van der Waals surface area contributed by atoms with Crippen molar-refractivity contribution < 1.29 is 28.8 Å². The average molecular weight is 612 g/mol. The number of fused-ring (bicyclic) bond motifs is 1. The molecule has 4 rings (SSSR count). The van der Waals surface area contributed by atoms with E-state index in [9.17, 15) is 28.8 Å². The van der Waals surface area contributed by atoms with Gasteiger partial charge in [0, 0.05) is 24.9 Å². The van der Waals surface area contributed by atoms with Crippen LogP contribution in [-0.4, -0.2) is 77.0 Å². The van der Waals surface area contributed by atoms with E-state index in [1.807, 2.05) is 48.5 Å². The third-order valence-electron chi connectivity index (χ3n) is 9.73. The number of ketones is 2. The molecule has 1 saturated heterocycles. The van der Waals surface area contributed by atoms with Crippen molar-refractivity contribution in [3.8, 4) is 12.3 Å². The Labute approximate surface area is 260 Å². The molecule has 6 atom stereocenters. The van der Waals surface area contributed by atoms with Gasteiger partial charge in [0.2, 0.25) is 17.6 Å². The van der Waals surface area contributed by atoms with Crippen LogP contribution >= 0.6 is 0 Å². The number of carbonyl (C=O) groups is 6. The molecule has 4 aliphatic rings. The van der Waals surface area contributed by atoms with Crippen LogP contribution in [0.15, 0.2) is 0 Å². The second-order valence-electron chi connectivity index (χ2n) is 15.1. The lowest BCUT2D eigenvalue weighted by Crippen LogP contribution is -2.62. The van der Waals surface area contributed by atoms with Crippen molar-refractivity contribution in [3.63, 3.8) is 0 Å². The summed E-state index contributed by atoms with van der Waals surface area (Å²) in [5, 5.41) is 11.0. The van der Waals surface area contributed by atoms with Gasteiger partial charge in [0.1, 0.15) is 12.1 Å². The molecule has 5 amide bonds. The molecule has 1 unspecified atom stereocenters. The Morgan fingerprint density at radius 2 is 1.61 bits per heavy atom. The van der Waals surface area contributed by atoms with Gasteiger partial charge in [-0.2, -0.15) is 0 Å². The first-order chi connectivity index (χ1) is 20.5. The molecule has 3 saturated carbocycles. The Hall–Kier alpha value is -3.42. The summed E-state index contributed by atoms with van der Waals surface area (Å²) in [6, 6.07) is -4.29. The fourth-order valence-corrected chi connectivity index (χ4v) is 6.53. The minimum absolute atomic E-state index is 0.00660. The van der Waals surface area contributed by atoms with Crippen LogP contribution in [0.4, 0.5) is 4.79 Å². The highest BCUT2D eigenvalue weighted by Gasteiger charge is 2.70. The summed E-state index contributed by atoms with van der Waals surface area (Å²) in [5.74, 6) is -0.189. The van der Waals surface area contributed by atoms with E-state index in [4.69, 9.17) is 6.42 Å². The maximum atomic E-state index is 14.2. The summed E-state index contributed by atoms with van der Waals surface area (Å²) in [5.41, 5.74) is -0.923. The van der Waals surface area contributed by atoms with Crippen LogP contribution in [0, 0.1) is 46.8 Å². The molecule has 11 nitrogen and oxygen atoms in total. The molecule has 0 radical (unpaired) electrons. The fraction of sp³-hybridized carbons (Fsp3) is 0.758. The maximum Gasteiger partial charge on any atom is 0.316 e. The van der Waals surface area contributed by atoms with Crippen molar-refractivity contribution in [2.24, 2.45) is 34.5 Å². The van der Waals surface area contributed by atoms with E-state index >= 15 is 0 Å². The van der Waals surface area contributed by atoms with Crippen LogP contribution in [0.2, 0.25) is 0 Å². The topological polar surface area (TPSA) is 154 Å². The highest BCUT2D eigenvalue weighted by molar-refractivity contribution is 6.38. The molecule has 0 bridgehead atoms. The molecule has 4 fully saturated rings. The number of piperidine rings is 1. The Bertz CT molecular complexity index is 1240. The normalized spacial score (nSPS) is 25.5. The zero-order valence-electron chi connectivity index (χ0n) is 27.1. The Morgan fingerprint density at radius 1 is 0.977 bits per heavy atom. The Morgan fingerprint density at radius 3 is 2.14 bits per heavy atom. The number of likely N-dealkylation sites (tertiary alicyclic amines) is 1. The van der Waals surface area contributed by atoms with Gasteiger partial charge < -0.3 is 26.2 Å². The second-order valence-corrected chi connectivity index (χ2v) is 15.1. The average Bonchev–Trinajstić information content (AvgIpc) is 3.88. The number of hydrogen-bond acceptors (Lipinski definition) is 6. The maximum absolute atomic E-state index is 14.2. The van der Waals surface area contributed by atoms with E-state index in [1.54, 1.807) is 0 Å². The van der Waals surface area contributed by atoms with Gasteiger partial charge in [-0.05, 0) is 60.7 Å². The van der Waals surface area contributed by atoms with Crippen LogP contribution in [-0.2, 0) is 24.0 Å². The Kier molecular flexibility index (Phi) is 9.53. The van der Waals surface area contributed by atoms with Gasteiger partial charge in [-0.15, -0.1) is 12.3 Å². The first-order valence-corrected chi connectivity index (χ1v) is 16.0. The first kappa shape index (κ1) is 33.5. The molecule has 1 heterocycles. The standard InChI is InChI=1S/C33H49N5O6/c1-9-10-11-21(26(40)29(42)34-19-14-15-19)35-28(41)24-22-20(33(22,7)8)16-38(24)30(43)27(32(4,5)6)37-31(44)36-23(17(2)3)25(39)18-12-13-18/h1,17-24,27H,10-16H2,2-8H3,(H,34,42)(H,35,41)(H2,36,37,44)/t20-,21?,22-,23-,24-,27+/m0/s1. The van der Waals surface area contributed by atoms with Gasteiger partial charge in [-0.25, -0.2) is 4.79 Å². The number of urea groups is 1. The van der Waals surface area contributed by atoms with Gasteiger partial charge in [0.15, 0.2) is 5.78 Å². The molecular formula is C33H49N5O6. The third kappa shape index (κ3) is 7.27. The number of hydrogen-bond donors (Lipinski definition) is 4. The van der Waals surface area contributed by atoms with Crippen molar-refractivity contribution in [3.05, 3.63) is 0 Å². The van der Waals surface area contributed by atoms with Crippen molar-refractivity contribution in [1.29, 1.82) is 0 Å². The van der Waals surface area contributed by atoms with Gasteiger partial charge in [0.05, 0.1) is 12.1 Å². The van der Waals surface area contributed by atoms with Crippen LogP contribution in [0.25, 0.3) is 0 Å². The van der Waals surface area contributed by atoms with Crippen molar-refractivity contribution in [2.75, 3.05) is 6.54 Å². The molecule has 4 N–H and O–H groups in total. The Balaban J connectivity index is 1.51. The number of carbonyl (C=O) groups excluding carboxylic acids is 6. The summed E-state index contributed by atoms with van der Waals surface area (Å²) in [7, 11) is 0. The van der Waals surface area contributed by atoms with E-state index in [-0.39, 0.29) is 53.8 Å². The number of nitrogens with one attached hydrogen (secondary N) is 4. The molecule has 1 aliphatic heterocycles. The van der Waals surface area contributed by atoms with E-state index < -0.39 is 59.1 Å². The highest BCUT2D eigenvalue weighted by Crippen LogP contribution is 2.65. The first-order valence-electron chi connectivity index (χ1n) is 16.0. The molecule has 0 spiro atoms. The van der Waals surface area contributed by atoms with E-state index in [2.05, 4.69) is 27.2 Å². The molecule has 44 heavy (non-hydrogen) atoms. The smallest absolute Gasteiger partial charge is 0.316 e.